The van der Waals surface area contributed by atoms with Crippen LogP contribution in [-0.4, -0.2) is 16.9 Å². The lowest BCUT2D eigenvalue weighted by atomic mass is 9.98. The van der Waals surface area contributed by atoms with E-state index in [2.05, 4.69) is 0 Å². The maximum absolute atomic E-state index is 10.9. The molecule has 1 unspecified atom stereocenters. The Morgan fingerprint density at radius 2 is 1.50 bits per heavy atom. The lowest BCUT2D eigenvalue weighted by Gasteiger charge is -2.03. The summed E-state index contributed by atoms with van der Waals surface area (Å²) in [6.07, 6.45) is 1.65. The second-order valence-corrected chi connectivity index (χ2v) is 3.47. The molecule has 2 saturated carbocycles. The van der Waals surface area contributed by atoms with Gasteiger partial charge in [-0.2, -0.15) is 0 Å². The topological polar surface area (TPSA) is 34.1 Å². The average Bonchev–Trinajstić information content (AvgIpc) is 2.34. The van der Waals surface area contributed by atoms with E-state index in [1.807, 2.05) is 0 Å². The number of Topliss-reactive ketones (excluding diaryl/α,β-unsaturated/α-hetero) is 2. The number of rotatable bonds is 0. The normalized spacial score (nSPS) is 45.1. The molecule has 0 aromatic heterocycles. The summed E-state index contributed by atoms with van der Waals surface area (Å²) in [5.41, 5.74) is 0. The molecule has 2 rings (SSSR count). The van der Waals surface area contributed by atoms with E-state index >= 15 is 0 Å². The highest BCUT2D eigenvalue weighted by molar-refractivity contribution is 6.46. The smallest absolute Gasteiger partial charge is 0.203 e. The molecular formula is C7H7ClO2. The van der Waals surface area contributed by atoms with Gasteiger partial charge in [0.05, 0.1) is 5.38 Å². The van der Waals surface area contributed by atoms with E-state index in [0.717, 1.165) is 12.8 Å². The molecule has 2 nitrogen and oxygen atoms in total. The van der Waals surface area contributed by atoms with Crippen molar-refractivity contribution in [1.29, 1.82) is 0 Å². The van der Waals surface area contributed by atoms with Crippen molar-refractivity contribution in [2.24, 2.45) is 11.8 Å². The minimum atomic E-state index is -0.226. The van der Waals surface area contributed by atoms with Crippen molar-refractivity contribution < 1.29 is 9.59 Å². The molecule has 2 bridgehead atoms. The lowest BCUT2D eigenvalue weighted by Crippen LogP contribution is -2.20. The first-order valence-corrected chi connectivity index (χ1v) is 3.87. The molecule has 3 atom stereocenters. The quantitative estimate of drug-likeness (QED) is 0.386. The molecule has 2 aliphatic carbocycles. The molecule has 0 aromatic carbocycles. The zero-order valence-corrected chi connectivity index (χ0v) is 6.10. The number of carbonyl (C=O) groups is 2. The number of hydrogen-bond donors (Lipinski definition) is 0. The summed E-state index contributed by atoms with van der Waals surface area (Å²) >= 11 is 5.82. The largest absolute Gasteiger partial charge is 0.291 e. The zero-order valence-electron chi connectivity index (χ0n) is 5.34. The van der Waals surface area contributed by atoms with Gasteiger partial charge >= 0.3 is 0 Å². The van der Waals surface area contributed by atoms with Crippen molar-refractivity contribution in [3.63, 3.8) is 0 Å². The average molecular weight is 159 g/mol. The summed E-state index contributed by atoms with van der Waals surface area (Å²) in [6, 6.07) is 0. The van der Waals surface area contributed by atoms with Crippen molar-refractivity contribution in [2.45, 2.75) is 18.2 Å². The van der Waals surface area contributed by atoms with E-state index in [9.17, 15) is 9.59 Å². The first-order chi connectivity index (χ1) is 4.72. The van der Waals surface area contributed by atoms with Gasteiger partial charge in [0.25, 0.3) is 0 Å². The highest BCUT2D eigenvalue weighted by Gasteiger charge is 2.52. The molecule has 0 amide bonds. The van der Waals surface area contributed by atoms with Gasteiger partial charge < -0.3 is 0 Å². The van der Waals surface area contributed by atoms with E-state index in [1.165, 1.54) is 0 Å². The number of ketones is 2. The highest BCUT2D eigenvalue weighted by Crippen LogP contribution is 2.43. The Hall–Kier alpha value is -0.370. The summed E-state index contributed by atoms with van der Waals surface area (Å²) in [5.74, 6) is -0.731. The predicted molar refractivity (Wildman–Crippen MR) is 35.9 cm³/mol. The minimum absolute atomic E-state index is 0.140. The fourth-order valence-electron chi connectivity index (χ4n) is 1.87. The van der Waals surface area contributed by atoms with Crippen LogP contribution in [0.3, 0.4) is 0 Å². The standard InChI is InChI=1S/C7H7ClO2/c8-5-3-1-2-4(5)7(10)6(3)9/h3-5H,1-2H2/t3-,4+,5?. The van der Waals surface area contributed by atoms with Crippen molar-refractivity contribution in [2.75, 3.05) is 0 Å². The van der Waals surface area contributed by atoms with Gasteiger partial charge in [0.1, 0.15) is 0 Å². The van der Waals surface area contributed by atoms with Gasteiger partial charge in [0.15, 0.2) is 0 Å². The third kappa shape index (κ3) is 0.553. The van der Waals surface area contributed by atoms with E-state index in [1.54, 1.807) is 0 Å². The first kappa shape index (κ1) is 6.35. The van der Waals surface area contributed by atoms with Crippen LogP contribution in [-0.2, 0) is 9.59 Å². The van der Waals surface area contributed by atoms with E-state index in [4.69, 9.17) is 11.6 Å². The fourth-order valence-corrected chi connectivity index (χ4v) is 2.36. The third-order valence-corrected chi connectivity index (χ3v) is 3.08. The molecule has 0 aromatic rings. The van der Waals surface area contributed by atoms with E-state index in [-0.39, 0.29) is 28.8 Å². The third-order valence-electron chi connectivity index (χ3n) is 2.47. The number of alkyl halides is 1. The second-order valence-electron chi connectivity index (χ2n) is 2.96. The summed E-state index contributed by atoms with van der Waals surface area (Å²) in [7, 11) is 0. The number of fused-ring (bicyclic) bond motifs is 2. The molecule has 2 fully saturated rings. The Morgan fingerprint density at radius 1 is 1.10 bits per heavy atom. The van der Waals surface area contributed by atoms with Crippen LogP contribution < -0.4 is 0 Å². The first-order valence-electron chi connectivity index (χ1n) is 3.44. The molecular weight excluding hydrogens is 152 g/mol. The van der Waals surface area contributed by atoms with Crippen molar-refractivity contribution in [3.05, 3.63) is 0 Å². The van der Waals surface area contributed by atoms with Gasteiger partial charge in [-0.3, -0.25) is 9.59 Å². The zero-order chi connectivity index (χ0) is 7.30. The Kier molecular flexibility index (Phi) is 1.15. The van der Waals surface area contributed by atoms with E-state index in [0.29, 0.717) is 0 Å². The number of halogens is 1. The van der Waals surface area contributed by atoms with Crippen molar-refractivity contribution in [1.82, 2.24) is 0 Å². The van der Waals surface area contributed by atoms with Crippen LogP contribution in [0.1, 0.15) is 12.8 Å². The monoisotopic (exact) mass is 158 g/mol. The van der Waals surface area contributed by atoms with Gasteiger partial charge in [-0.25, -0.2) is 0 Å². The van der Waals surface area contributed by atoms with Gasteiger partial charge in [0.2, 0.25) is 11.6 Å². The SMILES string of the molecule is O=C1C(=O)[C@@H]2CC[C@H]1C2Cl. The van der Waals surface area contributed by atoms with Crippen molar-refractivity contribution in [3.8, 4) is 0 Å². The molecule has 0 heterocycles. The Balaban J connectivity index is 2.38. The van der Waals surface area contributed by atoms with Crippen LogP contribution in [0.4, 0.5) is 0 Å². The summed E-state index contributed by atoms with van der Waals surface area (Å²) in [6.45, 7) is 0. The van der Waals surface area contributed by atoms with Crippen LogP contribution in [0.5, 0.6) is 0 Å². The molecule has 0 saturated heterocycles. The molecule has 2 aliphatic rings. The van der Waals surface area contributed by atoms with Gasteiger partial charge in [-0.15, -0.1) is 11.6 Å². The second kappa shape index (κ2) is 1.82. The van der Waals surface area contributed by atoms with Crippen LogP contribution in [0.25, 0.3) is 0 Å². The van der Waals surface area contributed by atoms with Gasteiger partial charge in [-0.05, 0) is 12.8 Å². The Bertz CT molecular complexity index is 190. The number of carbonyl (C=O) groups excluding carboxylic acids is 2. The predicted octanol–water partition coefficient (Wildman–Crippen LogP) is 0.772. The van der Waals surface area contributed by atoms with E-state index < -0.39 is 0 Å². The molecule has 0 N–H and O–H groups in total. The minimum Gasteiger partial charge on any atom is -0.291 e. The molecule has 0 aliphatic heterocycles. The number of hydrogen-bond acceptors (Lipinski definition) is 2. The molecule has 54 valence electrons. The summed E-state index contributed by atoms with van der Waals surface area (Å²) in [5, 5.41) is -0.181. The maximum atomic E-state index is 10.9. The summed E-state index contributed by atoms with van der Waals surface area (Å²) < 4.78 is 0. The maximum Gasteiger partial charge on any atom is 0.203 e. The Labute approximate surface area is 63.5 Å². The van der Waals surface area contributed by atoms with Crippen LogP contribution in [0.2, 0.25) is 0 Å². The fraction of sp³-hybridized carbons (Fsp3) is 0.714. The van der Waals surface area contributed by atoms with Gasteiger partial charge in [-0.1, -0.05) is 0 Å². The van der Waals surface area contributed by atoms with Gasteiger partial charge in [0, 0.05) is 11.8 Å². The molecule has 3 heteroatoms. The van der Waals surface area contributed by atoms with Crippen molar-refractivity contribution >= 4 is 23.2 Å². The molecule has 10 heavy (non-hydrogen) atoms. The van der Waals surface area contributed by atoms with Crippen LogP contribution >= 0.6 is 11.6 Å². The lowest BCUT2D eigenvalue weighted by molar-refractivity contribution is -0.138. The highest BCUT2D eigenvalue weighted by atomic mass is 35.5. The van der Waals surface area contributed by atoms with Crippen LogP contribution in [0.15, 0.2) is 0 Å². The molecule has 0 spiro atoms. The van der Waals surface area contributed by atoms with Crippen LogP contribution in [0, 0.1) is 11.8 Å². The molecule has 0 radical (unpaired) electrons. The summed E-state index contributed by atoms with van der Waals surface area (Å²) in [4.78, 5) is 21.9. The Morgan fingerprint density at radius 3 is 1.70 bits per heavy atom.